The maximum atomic E-state index is 5.82. The van der Waals surface area contributed by atoms with Gasteiger partial charge in [0.2, 0.25) is 0 Å². The van der Waals surface area contributed by atoms with E-state index >= 15 is 0 Å². The van der Waals surface area contributed by atoms with E-state index in [1.807, 2.05) is 30.3 Å². The molecule has 0 aliphatic heterocycles. The fraction of sp³-hybridized carbons (Fsp3) is 0.625. The Balaban J connectivity index is 2.35. The van der Waals surface area contributed by atoms with Gasteiger partial charge in [-0.2, -0.15) is 0 Å². The van der Waals surface area contributed by atoms with Crippen LogP contribution in [0.4, 0.5) is 0 Å². The van der Waals surface area contributed by atoms with Crippen molar-refractivity contribution in [2.75, 3.05) is 19.7 Å². The summed E-state index contributed by atoms with van der Waals surface area (Å²) >= 11 is 0. The summed E-state index contributed by atoms with van der Waals surface area (Å²) in [6.07, 6.45) is 1.25. The zero-order valence-electron chi connectivity index (χ0n) is 12.2. The van der Waals surface area contributed by atoms with Gasteiger partial charge in [0.05, 0.1) is 0 Å². The highest BCUT2D eigenvalue weighted by molar-refractivity contribution is 5.20. The molecule has 0 radical (unpaired) electrons. The van der Waals surface area contributed by atoms with E-state index in [4.69, 9.17) is 4.74 Å². The van der Waals surface area contributed by atoms with Gasteiger partial charge in [-0.05, 0) is 44.5 Å². The van der Waals surface area contributed by atoms with E-state index in [-0.39, 0.29) is 0 Å². The summed E-state index contributed by atoms with van der Waals surface area (Å²) in [5.41, 5.74) is 0. The lowest BCUT2D eigenvalue weighted by Gasteiger charge is -2.28. The van der Waals surface area contributed by atoms with Gasteiger partial charge in [0.15, 0.2) is 0 Å². The molecule has 1 atom stereocenters. The summed E-state index contributed by atoms with van der Waals surface area (Å²) in [7, 11) is 0. The molecule has 0 amide bonds. The Morgan fingerprint density at radius 2 is 1.78 bits per heavy atom. The van der Waals surface area contributed by atoms with Gasteiger partial charge in [0.1, 0.15) is 12.4 Å². The summed E-state index contributed by atoms with van der Waals surface area (Å²) < 4.78 is 5.82. The molecule has 0 aliphatic rings. The number of hydrogen-bond acceptors (Lipinski definition) is 2. The van der Waals surface area contributed by atoms with Crippen LogP contribution in [-0.2, 0) is 0 Å². The number of hydrogen-bond donors (Lipinski definition) is 0. The molecular weight excluding hydrogens is 222 g/mol. The molecule has 1 aromatic rings. The molecule has 18 heavy (non-hydrogen) atoms. The second kappa shape index (κ2) is 8.15. The maximum Gasteiger partial charge on any atom is 0.119 e. The average molecular weight is 249 g/mol. The smallest absolute Gasteiger partial charge is 0.119 e. The van der Waals surface area contributed by atoms with Crippen molar-refractivity contribution in [1.82, 2.24) is 4.90 Å². The molecular formula is C16H27NO. The zero-order valence-corrected chi connectivity index (χ0v) is 12.2. The van der Waals surface area contributed by atoms with E-state index in [1.165, 1.54) is 6.42 Å². The minimum atomic E-state index is 0.467. The second-order valence-electron chi connectivity index (χ2n) is 5.28. The number of nitrogens with zero attached hydrogens (tertiary/aromatic N) is 1. The van der Waals surface area contributed by atoms with Gasteiger partial charge in [-0.1, -0.05) is 39.0 Å². The molecule has 102 valence electrons. The van der Waals surface area contributed by atoms with Crippen molar-refractivity contribution >= 4 is 0 Å². The highest BCUT2D eigenvalue weighted by Crippen LogP contribution is 2.11. The Morgan fingerprint density at radius 3 is 2.33 bits per heavy atom. The fourth-order valence-electron chi connectivity index (χ4n) is 1.95. The molecule has 0 aromatic heterocycles. The molecule has 2 nitrogen and oxygen atoms in total. The van der Waals surface area contributed by atoms with E-state index in [0.29, 0.717) is 6.04 Å². The molecule has 0 fully saturated rings. The van der Waals surface area contributed by atoms with Crippen LogP contribution in [0.2, 0.25) is 0 Å². The average Bonchev–Trinajstić information content (AvgIpc) is 2.38. The molecule has 2 heteroatoms. The van der Waals surface area contributed by atoms with Gasteiger partial charge in [-0.3, -0.25) is 4.90 Å². The van der Waals surface area contributed by atoms with E-state index in [0.717, 1.165) is 31.4 Å². The molecule has 0 unspecified atom stereocenters. The van der Waals surface area contributed by atoms with E-state index in [2.05, 4.69) is 32.6 Å². The fourth-order valence-corrected chi connectivity index (χ4v) is 1.95. The first-order valence-corrected chi connectivity index (χ1v) is 7.05. The minimum absolute atomic E-state index is 0.467. The minimum Gasteiger partial charge on any atom is -0.492 e. The lowest BCUT2D eigenvalue weighted by molar-refractivity contribution is 0.146. The first-order valence-electron chi connectivity index (χ1n) is 7.05. The van der Waals surface area contributed by atoms with Gasteiger partial charge < -0.3 is 4.74 Å². The number of para-hydroxylation sites is 1. The Hall–Kier alpha value is -1.02. The van der Waals surface area contributed by atoms with Crippen molar-refractivity contribution in [1.29, 1.82) is 0 Å². The largest absolute Gasteiger partial charge is 0.492 e. The van der Waals surface area contributed by atoms with Gasteiger partial charge in [-0.15, -0.1) is 0 Å². The molecule has 0 spiro atoms. The standard InChI is InChI=1S/C16H27NO/c1-5-17(12-11-14(2)3)15(4)13-18-16-9-7-6-8-10-16/h6-10,14-15H,5,11-13H2,1-4H3/t15-/m0/s1. The Morgan fingerprint density at radius 1 is 1.11 bits per heavy atom. The lowest BCUT2D eigenvalue weighted by atomic mass is 10.1. The molecule has 0 saturated heterocycles. The third-order valence-corrected chi connectivity index (χ3v) is 3.26. The Kier molecular flexibility index (Phi) is 6.81. The van der Waals surface area contributed by atoms with Crippen LogP contribution in [0.5, 0.6) is 5.75 Å². The van der Waals surface area contributed by atoms with Gasteiger partial charge >= 0.3 is 0 Å². The summed E-state index contributed by atoms with van der Waals surface area (Å²) in [5, 5.41) is 0. The maximum absolute atomic E-state index is 5.82. The molecule has 0 saturated carbocycles. The lowest BCUT2D eigenvalue weighted by Crippen LogP contribution is -2.38. The predicted molar refractivity (Wildman–Crippen MR) is 78.1 cm³/mol. The molecule has 0 aliphatic carbocycles. The van der Waals surface area contributed by atoms with Crippen LogP contribution in [0.1, 0.15) is 34.1 Å². The highest BCUT2D eigenvalue weighted by atomic mass is 16.5. The van der Waals surface area contributed by atoms with Crippen LogP contribution in [0.15, 0.2) is 30.3 Å². The first kappa shape index (κ1) is 15.0. The molecule has 0 heterocycles. The van der Waals surface area contributed by atoms with Crippen LogP contribution < -0.4 is 4.74 Å². The van der Waals surface area contributed by atoms with Crippen LogP contribution in [0.3, 0.4) is 0 Å². The van der Waals surface area contributed by atoms with E-state index in [9.17, 15) is 0 Å². The topological polar surface area (TPSA) is 12.5 Å². The first-order chi connectivity index (χ1) is 8.63. The van der Waals surface area contributed by atoms with Crippen molar-refractivity contribution in [3.63, 3.8) is 0 Å². The normalized spacial score (nSPS) is 13.0. The third-order valence-electron chi connectivity index (χ3n) is 3.26. The monoisotopic (exact) mass is 249 g/mol. The third kappa shape index (κ3) is 5.54. The Labute approximate surface area is 112 Å². The number of likely N-dealkylation sites (N-methyl/N-ethyl adjacent to an activating group) is 1. The number of rotatable bonds is 8. The Bertz CT molecular complexity index is 310. The van der Waals surface area contributed by atoms with E-state index < -0.39 is 0 Å². The summed E-state index contributed by atoms with van der Waals surface area (Å²) in [6.45, 7) is 12.0. The summed E-state index contributed by atoms with van der Waals surface area (Å²) in [4.78, 5) is 2.49. The van der Waals surface area contributed by atoms with Crippen molar-refractivity contribution in [2.24, 2.45) is 5.92 Å². The summed E-state index contributed by atoms with van der Waals surface area (Å²) in [6, 6.07) is 10.5. The van der Waals surface area contributed by atoms with Crippen molar-refractivity contribution in [2.45, 2.75) is 40.2 Å². The molecule has 1 aromatic carbocycles. The summed E-state index contributed by atoms with van der Waals surface area (Å²) in [5.74, 6) is 1.73. The van der Waals surface area contributed by atoms with Crippen LogP contribution >= 0.6 is 0 Å². The highest BCUT2D eigenvalue weighted by Gasteiger charge is 2.12. The number of benzene rings is 1. The molecule has 0 N–H and O–H groups in total. The van der Waals surface area contributed by atoms with Crippen LogP contribution in [0, 0.1) is 5.92 Å². The molecule has 1 rings (SSSR count). The van der Waals surface area contributed by atoms with Gasteiger partial charge in [0.25, 0.3) is 0 Å². The van der Waals surface area contributed by atoms with Crippen LogP contribution in [0.25, 0.3) is 0 Å². The van der Waals surface area contributed by atoms with E-state index in [1.54, 1.807) is 0 Å². The van der Waals surface area contributed by atoms with Crippen molar-refractivity contribution < 1.29 is 4.74 Å². The number of ether oxygens (including phenoxy) is 1. The van der Waals surface area contributed by atoms with Crippen molar-refractivity contribution in [3.05, 3.63) is 30.3 Å². The quantitative estimate of drug-likeness (QED) is 0.694. The van der Waals surface area contributed by atoms with Gasteiger partial charge in [0, 0.05) is 6.04 Å². The second-order valence-corrected chi connectivity index (χ2v) is 5.28. The van der Waals surface area contributed by atoms with Crippen LogP contribution in [-0.4, -0.2) is 30.6 Å². The zero-order chi connectivity index (χ0) is 13.4. The van der Waals surface area contributed by atoms with Gasteiger partial charge in [-0.25, -0.2) is 0 Å². The SMILES string of the molecule is CCN(CCC(C)C)[C@@H](C)COc1ccccc1. The van der Waals surface area contributed by atoms with Crippen molar-refractivity contribution in [3.8, 4) is 5.75 Å². The predicted octanol–water partition coefficient (Wildman–Crippen LogP) is 3.82. The molecule has 0 bridgehead atoms.